The minimum Gasteiger partial charge on any atom is -0.441 e. The molecule has 0 bridgehead atoms. The van der Waals surface area contributed by atoms with E-state index in [1.165, 1.54) is 30.2 Å². The van der Waals surface area contributed by atoms with Crippen LogP contribution in [-0.4, -0.2) is 35.6 Å². The Labute approximate surface area is 170 Å². The largest absolute Gasteiger partial charge is 0.441 e. The average molecular weight is 396 g/mol. The lowest BCUT2D eigenvalue weighted by Crippen LogP contribution is -2.29. The second kappa shape index (κ2) is 8.27. The maximum absolute atomic E-state index is 12.9. The summed E-state index contributed by atoms with van der Waals surface area (Å²) in [7, 11) is 0. The topological polar surface area (TPSA) is 49.1 Å². The van der Waals surface area contributed by atoms with Gasteiger partial charge in [-0.3, -0.25) is 9.69 Å². The van der Waals surface area contributed by atoms with Gasteiger partial charge in [-0.1, -0.05) is 24.6 Å². The summed E-state index contributed by atoms with van der Waals surface area (Å²) in [6.07, 6.45) is 5.13. The predicted octanol–water partition coefficient (Wildman–Crippen LogP) is 5.20. The van der Waals surface area contributed by atoms with Gasteiger partial charge < -0.3 is 9.32 Å². The fraction of sp³-hybridized carbons (Fsp3) is 0.364. The highest BCUT2D eigenvalue weighted by molar-refractivity contribution is 8.18. The Morgan fingerprint density at radius 2 is 1.89 bits per heavy atom. The van der Waals surface area contributed by atoms with Gasteiger partial charge in [0.15, 0.2) is 11.1 Å². The van der Waals surface area contributed by atoms with Crippen LogP contribution in [0.3, 0.4) is 0 Å². The van der Waals surface area contributed by atoms with Gasteiger partial charge in [-0.2, -0.15) is 0 Å². The van der Waals surface area contributed by atoms with Crippen molar-refractivity contribution in [3.63, 3.8) is 0 Å². The van der Waals surface area contributed by atoms with Crippen molar-refractivity contribution in [1.29, 1.82) is 0 Å². The Bertz CT molecular complexity index is 908. The minimum atomic E-state index is -0.00293. The third-order valence-electron chi connectivity index (χ3n) is 4.90. The first kappa shape index (κ1) is 18.9. The van der Waals surface area contributed by atoms with Crippen LogP contribution in [0.25, 0.3) is 6.08 Å². The van der Waals surface area contributed by atoms with Crippen LogP contribution in [0.15, 0.2) is 50.7 Å². The molecular weight excluding hydrogens is 370 g/mol. The van der Waals surface area contributed by atoms with Gasteiger partial charge >= 0.3 is 0 Å². The molecule has 0 atom stereocenters. The van der Waals surface area contributed by atoms with Gasteiger partial charge in [0.2, 0.25) is 0 Å². The van der Waals surface area contributed by atoms with Gasteiger partial charge in [-0.05, 0) is 56.1 Å². The van der Waals surface area contributed by atoms with Crippen molar-refractivity contribution < 1.29 is 9.21 Å². The molecule has 3 heterocycles. The van der Waals surface area contributed by atoms with Gasteiger partial charge in [0.05, 0.1) is 10.6 Å². The Balaban J connectivity index is 1.58. The molecule has 5 nitrogen and oxygen atoms in total. The fourth-order valence-electron chi connectivity index (χ4n) is 3.40. The molecule has 2 aliphatic heterocycles. The standard InChI is InChI=1S/C22H25N3O2S/c1-3-12-25-21(26)19(28-22(25)23-17-8-6-16(2)7-9-17)15-18-10-11-20(27-18)24-13-4-5-14-24/h6-11,15H,3-5,12-14H2,1-2H3/b19-15+,23-22?. The van der Waals surface area contributed by atoms with Crippen molar-refractivity contribution in [2.45, 2.75) is 33.1 Å². The first-order chi connectivity index (χ1) is 13.6. The monoisotopic (exact) mass is 395 g/mol. The Morgan fingerprint density at radius 3 is 2.61 bits per heavy atom. The number of carbonyl (C=O) groups is 1. The summed E-state index contributed by atoms with van der Waals surface area (Å²) >= 11 is 1.42. The van der Waals surface area contributed by atoms with Crippen LogP contribution in [0, 0.1) is 6.92 Å². The SMILES string of the molecule is CCCN1C(=O)/C(=C\c2ccc(N3CCCC3)o2)SC1=Nc1ccc(C)cc1. The Morgan fingerprint density at radius 1 is 1.14 bits per heavy atom. The zero-order valence-electron chi connectivity index (χ0n) is 16.4. The lowest BCUT2D eigenvalue weighted by Gasteiger charge is -2.14. The number of benzene rings is 1. The number of anilines is 1. The molecule has 146 valence electrons. The summed E-state index contributed by atoms with van der Waals surface area (Å²) in [5.41, 5.74) is 2.05. The number of rotatable bonds is 5. The van der Waals surface area contributed by atoms with Crippen LogP contribution in [0.1, 0.15) is 37.5 Å². The van der Waals surface area contributed by atoms with E-state index in [0.717, 1.165) is 36.2 Å². The van der Waals surface area contributed by atoms with E-state index < -0.39 is 0 Å². The van der Waals surface area contributed by atoms with Crippen molar-refractivity contribution in [1.82, 2.24) is 4.90 Å². The van der Waals surface area contributed by atoms with Gasteiger partial charge in [0, 0.05) is 31.8 Å². The van der Waals surface area contributed by atoms with E-state index in [2.05, 4.69) is 18.7 Å². The highest BCUT2D eigenvalue weighted by Crippen LogP contribution is 2.35. The van der Waals surface area contributed by atoms with Gasteiger partial charge in [-0.15, -0.1) is 0 Å². The summed E-state index contributed by atoms with van der Waals surface area (Å²) in [5.74, 6) is 1.60. The molecule has 1 aromatic carbocycles. The second-order valence-electron chi connectivity index (χ2n) is 7.17. The van der Waals surface area contributed by atoms with E-state index in [4.69, 9.17) is 9.41 Å². The molecule has 28 heavy (non-hydrogen) atoms. The van der Waals surface area contributed by atoms with Crippen molar-refractivity contribution in [2.75, 3.05) is 24.5 Å². The summed E-state index contributed by atoms with van der Waals surface area (Å²) in [4.78, 5) is 22.3. The van der Waals surface area contributed by atoms with Gasteiger partial charge in [0.25, 0.3) is 5.91 Å². The predicted molar refractivity (Wildman–Crippen MR) is 116 cm³/mol. The molecule has 2 fully saturated rings. The molecule has 0 N–H and O–H groups in total. The quantitative estimate of drug-likeness (QED) is 0.653. The highest BCUT2D eigenvalue weighted by atomic mass is 32.2. The molecule has 2 aromatic rings. The molecule has 0 unspecified atom stereocenters. The number of nitrogens with zero attached hydrogens (tertiary/aromatic N) is 3. The van der Waals surface area contributed by atoms with E-state index in [1.54, 1.807) is 4.90 Å². The maximum atomic E-state index is 12.9. The number of hydrogen-bond donors (Lipinski definition) is 0. The van der Waals surface area contributed by atoms with Crippen LogP contribution in [0.2, 0.25) is 0 Å². The molecule has 2 saturated heterocycles. The Hall–Kier alpha value is -2.47. The number of amides is 1. The van der Waals surface area contributed by atoms with Crippen LogP contribution in [-0.2, 0) is 4.79 Å². The van der Waals surface area contributed by atoms with E-state index in [0.29, 0.717) is 17.2 Å². The van der Waals surface area contributed by atoms with Crippen molar-refractivity contribution in [3.8, 4) is 0 Å². The molecule has 0 aliphatic carbocycles. The van der Waals surface area contributed by atoms with Crippen LogP contribution < -0.4 is 4.90 Å². The summed E-state index contributed by atoms with van der Waals surface area (Å²) < 4.78 is 5.97. The molecular formula is C22H25N3O2S. The molecule has 2 aliphatic rings. The molecule has 4 rings (SSSR count). The van der Waals surface area contributed by atoms with E-state index in [-0.39, 0.29) is 5.91 Å². The molecule has 1 amide bonds. The van der Waals surface area contributed by atoms with Crippen molar-refractivity contribution >= 4 is 40.5 Å². The van der Waals surface area contributed by atoms with Crippen LogP contribution in [0.5, 0.6) is 0 Å². The normalized spacial score (nSPS) is 20.1. The minimum absolute atomic E-state index is 0.00293. The number of aryl methyl sites for hydroxylation is 1. The molecule has 0 radical (unpaired) electrons. The molecule has 0 saturated carbocycles. The lowest BCUT2D eigenvalue weighted by molar-refractivity contribution is -0.122. The molecule has 1 aromatic heterocycles. The number of amidine groups is 1. The Kier molecular flexibility index (Phi) is 5.57. The molecule has 0 spiro atoms. The third-order valence-corrected chi connectivity index (χ3v) is 5.90. The second-order valence-corrected chi connectivity index (χ2v) is 8.18. The first-order valence-electron chi connectivity index (χ1n) is 9.85. The maximum Gasteiger partial charge on any atom is 0.266 e. The van der Waals surface area contributed by atoms with Crippen molar-refractivity contribution in [2.24, 2.45) is 4.99 Å². The van der Waals surface area contributed by atoms with Gasteiger partial charge in [-0.25, -0.2) is 4.99 Å². The number of thioether (sulfide) groups is 1. The summed E-state index contributed by atoms with van der Waals surface area (Å²) in [6, 6.07) is 12.0. The smallest absolute Gasteiger partial charge is 0.266 e. The first-order valence-corrected chi connectivity index (χ1v) is 10.7. The van der Waals surface area contributed by atoms with Crippen LogP contribution in [0.4, 0.5) is 11.6 Å². The summed E-state index contributed by atoms with van der Waals surface area (Å²) in [5, 5.41) is 0.730. The zero-order chi connectivity index (χ0) is 19.5. The fourth-order valence-corrected chi connectivity index (χ4v) is 4.40. The van der Waals surface area contributed by atoms with Crippen molar-refractivity contribution in [3.05, 3.63) is 52.6 Å². The third kappa shape index (κ3) is 4.02. The highest BCUT2D eigenvalue weighted by Gasteiger charge is 2.33. The number of carbonyl (C=O) groups excluding carboxylic acids is 1. The number of furan rings is 1. The number of aliphatic imine (C=N–C) groups is 1. The zero-order valence-corrected chi connectivity index (χ0v) is 17.2. The van der Waals surface area contributed by atoms with E-state index >= 15 is 0 Å². The van der Waals surface area contributed by atoms with E-state index in [1.807, 2.05) is 42.5 Å². The lowest BCUT2D eigenvalue weighted by atomic mass is 10.2. The number of hydrogen-bond acceptors (Lipinski definition) is 5. The average Bonchev–Trinajstić information content (AvgIpc) is 3.42. The van der Waals surface area contributed by atoms with E-state index in [9.17, 15) is 4.79 Å². The summed E-state index contributed by atoms with van der Waals surface area (Å²) in [6.45, 7) is 6.85. The van der Waals surface area contributed by atoms with Gasteiger partial charge in [0.1, 0.15) is 5.76 Å². The molecule has 6 heteroatoms. The van der Waals surface area contributed by atoms with Crippen LogP contribution >= 0.6 is 11.8 Å².